The van der Waals surface area contributed by atoms with Crippen molar-refractivity contribution in [1.82, 2.24) is 0 Å². The topological polar surface area (TPSA) is 214 Å². The summed E-state index contributed by atoms with van der Waals surface area (Å²) in [6.07, 6.45) is -18.6. The molecule has 0 aromatic carbocycles. The second kappa shape index (κ2) is 12.1. The number of carboxylic acid groups (broad SMARTS) is 1. The van der Waals surface area contributed by atoms with Crippen molar-refractivity contribution in [2.75, 3.05) is 13.7 Å². The van der Waals surface area contributed by atoms with E-state index >= 15 is 0 Å². The quantitative estimate of drug-likeness (QED) is 0.109. The van der Waals surface area contributed by atoms with Crippen LogP contribution >= 0.6 is 22.6 Å². The Balaban J connectivity index is 1.68. The number of carboxylic acids is 1. The standard InChI is InChI=1S/C20H33IO14/c1-5-8(21)16(30-3)15(6(2)32-5)34-20-14(27)10(23)9(22)7(33-20)4-31-19-13(26)11(24)12(25)17(35-19)18(28)29/h5-17,19-20,22-27H,4H2,1-3H3,(H,28,29)/t5?,6-,7?,8+,9-,10?,11?,12+,13?,14?,15-,16?,17?,19+,20-/m1/s1. The molecule has 3 rings (SSSR count). The number of hydrogen-bond donors (Lipinski definition) is 7. The Morgan fingerprint density at radius 3 is 2.00 bits per heavy atom. The molecule has 204 valence electrons. The van der Waals surface area contributed by atoms with Crippen LogP contribution in [0.3, 0.4) is 0 Å². The van der Waals surface area contributed by atoms with E-state index in [4.69, 9.17) is 33.5 Å². The van der Waals surface area contributed by atoms with Crippen LogP contribution in [0.1, 0.15) is 13.8 Å². The minimum Gasteiger partial charge on any atom is -0.479 e. The number of carbonyl (C=O) groups is 1. The average Bonchev–Trinajstić information content (AvgIpc) is 2.81. The first kappa shape index (κ1) is 29.3. The van der Waals surface area contributed by atoms with Gasteiger partial charge in [-0.2, -0.15) is 0 Å². The van der Waals surface area contributed by atoms with Gasteiger partial charge in [-0.25, -0.2) is 4.79 Å². The molecule has 7 N–H and O–H groups in total. The van der Waals surface area contributed by atoms with E-state index in [1.165, 1.54) is 7.11 Å². The fourth-order valence-electron chi connectivity index (χ4n) is 4.36. The molecule has 35 heavy (non-hydrogen) atoms. The molecule has 3 aliphatic rings. The Bertz CT molecular complexity index is 715. The van der Waals surface area contributed by atoms with Crippen molar-refractivity contribution in [3.63, 3.8) is 0 Å². The Hall–Kier alpha value is -0.280. The van der Waals surface area contributed by atoms with Crippen LogP contribution in [0, 0.1) is 0 Å². The van der Waals surface area contributed by atoms with Gasteiger partial charge in [-0.1, -0.05) is 22.6 Å². The summed E-state index contributed by atoms with van der Waals surface area (Å²) in [5, 5.41) is 70.1. The maximum atomic E-state index is 11.3. The van der Waals surface area contributed by atoms with Crippen molar-refractivity contribution in [2.24, 2.45) is 0 Å². The molecule has 15 atom stereocenters. The van der Waals surface area contributed by atoms with Gasteiger partial charge < -0.3 is 64.2 Å². The van der Waals surface area contributed by atoms with Gasteiger partial charge in [0.05, 0.1) is 22.7 Å². The minimum atomic E-state index is -1.90. The molecule has 0 spiro atoms. The highest BCUT2D eigenvalue weighted by molar-refractivity contribution is 14.1. The summed E-state index contributed by atoms with van der Waals surface area (Å²) < 4.78 is 33.3. The zero-order chi connectivity index (χ0) is 26.2. The third-order valence-electron chi connectivity index (χ3n) is 6.45. The molecule has 3 fully saturated rings. The van der Waals surface area contributed by atoms with E-state index in [1.807, 2.05) is 6.92 Å². The van der Waals surface area contributed by atoms with Crippen LogP contribution < -0.4 is 0 Å². The van der Waals surface area contributed by atoms with Crippen LogP contribution in [0.2, 0.25) is 0 Å². The van der Waals surface area contributed by atoms with Gasteiger partial charge in [-0.15, -0.1) is 0 Å². The lowest BCUT2D eigenvalue weighted by Gasteiger charge is -2.46. The number of alkyl halides is 1. The molecule has 15 heteroatoms. The number of aliphatic hydroxyl groups is 6. The first-order valence-corrected chi connectivity index (χ1v) is 12.3. The fraction of sp³-hybridized carbons (Fsp3) is 0.950. The third kappa shape index (κ3) is 6.08. The van der Waals surface area contributed by atoms with Crippen molar-refractivity contribution in [1.29, 1.82) is 0 Å². The SMILES string of the molecule is COC1[C@@H](I)C(C)O[C@H](C)[C@H]1O[C@H]1OC(CO[C@H]2OC(C(=O)O)[C@@H](O)C(O)C2O)[C@@H](O)C(O)C1O. The summed E-state index contributed by atoms with van der Waals surface area (Å²) >= 11 is 2.17. The van der Waals surface area contributed by atoms with Crippen LogP contribution in [0.5, 0.6) is 0 Å². The van der Waals surface area contributed by atoms with Gasteiger partial charge in [0.2, 0.25) is 0 Å². The number of halogens is 1. The summed E-state index contributed by atoms with van der Waals surface area (Å²) in [6, 6.07) is 0. The number of aliphatic carboxylic acids is 1. The first-order chi connectivity index (χ1) is 16.4. The highest BCUT2D eigenvalue weighted by atomic mass is 127. The van der Waals surface area contributed by atoms with Crippen molar-refractivity contribution in [2.45, 2.75) is 104 Å². The van der Waals surface area contributed by atoms with Gasteiger partial charge in [0.1, 0.15) is 54.9 Å². The van der Waals surface area contributed by atoms with Crippen LogP contribution in [0.25, 0.3) is 0 Å². The lowest BCUT2D eigenvalue weighted by Crippen LogP contribution is -2.64. The van der Waals surface area contributed by atoms with Crippen LogP contribution in [0.15, 0.2) is 0 Å². The summed E-state index contributed by atoms with van der Waals surface area (Å²) in [4.78, 5) is 11.3. The van der Waals surface area contributed by atoms with Gasteiger partial charge in [0.15, 0.2) is 18.7 Å². The first-order valence-electron chi connectivity index (χ1n) is 11.1. The Morgan fingerprint density at radius 2 is 1.40 bits per heavy atom. The van der Waals surface area contributed by atoms with Gasteiger partial charge in [-0.3, -0.25) is 0 Å². The van der Waals surface area contributed by atoms with E-state index in [1.54, 1.807) is 6.92 Å². The third-order valence-corrected chi connectivity index (χ3v) is 8.17. The van der Waals surface area contributed by atoms with Crippen LogP contribution in [-0.2, 0) is 33.2 Å². The van der Waals surface area contributed by atoms with E-state index in [-0.39, 0.29) is 10.0 Å². The van der Waals surface area contributed by atoms with Crippen LogP contribution in [0.4, 0.5) is 0 Å². The molecule has 3 saturated heterocycles. The van der Waals surface area contributed by atoms with Gasteiger partial charge >= 0.3 is 5.97 Å². The van der Waals surface area contributed by atoms with Crippen molar-refractivity contribution >= 4 is 28.6 Å². The molecule has 3 heterocycles. The Labute approximate surface area is 214 Å². The van der Waals surface area contributed by atoms with E-state index in [9.17, 15) is 35.4 Å². The molecule has 0 radical (unpaired) electrons. The zero-order valence-corrected chi connectivity index (χ0v) is 21.4. The largest absolute Gasteiger partial charge is 0.479 e. The Morgan fingerprint density at radius 1 is 0.800 bits per heavy atom. The molecule has 0 bridgehead atoms. The van der Waals surface area contributed by atoms with E-state index in [0.717, 1.165) is 0 Å². The molecule has 0 aliphatic carbocycles. The number of ether oxygens (including phenoxy) is 6. The van der Waals surface area contributed by atoms with Gasteiger partial charge in [-0.05, 0) is 13.8 Å². The normalized spacial score (nSPS) is 51.2. The predicted molar refractivity (Wildman–Crippen MR) is 120 cm³/mol. The number of aliphatic hydroxyl groups excluding tert-OH is 6. The number of rotatable bonds is 7. The highest BCUT2D eigenvalue weighted by Crippen LogP contribution is 2.33. The predicted octanol–water partition coefficient (Wildman–Crippen LogP) is -3.29. The average molecular weight is 624 g/mol. The van der Waals surface area contributed by atoms with Crippen molar-refractivity contribution in [3.8, 4) is 0 Å². The maximum absolute atomic E-state index is 11.3. The molecule has 0 amide bonds. The monoisotopic (exact) mass is 624 g/mol. The van der Waals surface area contributed by atoms with Crippen molar-refractivity contribution in [3.05, 3.63) is 0 Å². The summed E-state index contributed by atoms with van der Waals surface area (Å²) in [6.45, 7) is 3.09. The second-order valence-electron chi connectivity index (χ2n) is 8.87. The van der Waals surface area contributed by atoms with Crippen LogP contribution in [-0.4, -0.2) is 145 Å². The zero-order valence-electron chi connectivity index (χ0n) is 19.2. The molecule has 8 unspecified atom stereocenters. The maximum Gasteiger partial charge on any atom is 0.335 e. The summed E-state index contributed by atoms with van der Waals surface area (Å²) in [7, 11) is 1.51. The molecule has 0 saturated carbocycles. The highest BCUT2D eigenvalue weighted by Gasteiger charge is 2.51. The molecule has 0 aromatic rings. The number of hydrogen-bond acceptors (Lipinski definition) is 13. The van der Waals surface area contributed by atoms with E-state index in [0.29, 0.717) is 0 Å². The number of methoxy groups -OCH3 is 1. The molecule has 3 aliphatic heterocycles. The lowest BCUT2D eigenvalue weighted by atomic mass is 9.97. The van der Waals surface area contributed by atoms with E-state index < -0.39 is 92.3 Å². The van der Waals surface area contributed by atoms with Gasteiger partial charge in [0.25, 0.3) is 0 Å². The molecule has 14 nitrogen and oxygen atoms in total. The van der Waals surface area contributed by atoms with Crippen molar-refractivity contribution < 1.29 is 69.0 Å². The summed E-state index contributed by atoms with van der Waals surface area (Å²) in [5.74, 6) is -1.59. The fourth-order valence-corrected chi connectivity index (χ4v) is 5.23. The molecule has 0 aromatic heterocycles. The lowest BCUT2D eigenvalue weighted by molar-refractivity contribution is -0.344. The smallest absolute Gasteiger partial charge is 0.335 e. The Kier molecular flexibility index (Phi) is 10.1. The van der Waals surface area contributed by atoms with Gasteiger partial charge in [0, 0.05) is 7.11 Å². The van der Waals surface area contributed by atoms with E-state index in [2.05, 4.69) is 22.6 Å². The molecular weight excluding hydrogens is 591 g/mol. The summed E-state index contributed by atoms with van der Waals surface area (Å²) in [5.41, 5.74) is 0. The molecular formula is C20H33IO14. The second-order valence-corrected chi connectivity index (χ2v) is 10.3. The minimum absolute atomic E-state index is 0.0944.